The number of rotatable bonds is 3. The van der Waals surface area contributed by atoms with E-state index in [0.29, 0.717) is 6.42 Å². The predicted molar refractivity (Wildman–Crippen MR) is 91.7 cm³/mol. The third kappa shape index (κ3) is 2.52. The van der Waals surface area contributed by atoms with Crippen molar-refractivity contribution in [1.82, 2.24) is 0 Å². The van der Waals surface area contributed by atoms with Crippen molar-refractivity contribution < 1.29 is 9.84 Å². The van der Waals surface area contributed by atoms with Crippen LogP contribution in [0.4, 0.5) is 0 Å². The van der Waals surface area contributed by atoms with Crippen LogP contribution in [0.25, 0.3) is 9.40 Å². The lowest BCUT2D eigenvalue weighted by molar-refractivity contribution is 0.181. The van der Waals surface area contributed by atoms with Gasteiger partial charge in [-0.25, -0.2) is 0 Å². The van der Waals surface area contributed by atoms with Gasteiger partial charge in [-0.15, -0.1) is 22.7 Å². The Morgan fingerprint density at radius 1 is 1.29 bits per heavy atom. The fourth-order valence-electron chi connectivity index (χ4n) is 2.76. The van der Waals surface area contributed by atoms with Crippen LogP contribution in [-0.4, -0.2) is 11.7 Å². The molecule has 108 valence electrons. The summed E-state index contributed by atoms with van der Waals surface area (Å²) in [6.45, 7) is 0.740. The number of ether oxygens (including phenoxy) is 1. The zero-order chi connectivity index (χ0) is 14.4. The molecule has 1 aliphatic heterocycles. The molecule has 2 aromatic heterocycles. The maximum absolute atomic E-state index is 10.6. The molecule has 1 atom stereocenters. The van der Waals surface area contributed by atoms with Gasteiger partial charge in [0.15, 0.2) is 0 Å². The van der Waals surface area contributed by atoms with Gasteiger partial charge in [-0.3, -0.25) is 0 Å². The summed E-state index contributed by atoms with van der Waals surface area (Å²) < 4.78 is 9.30. The van der Waals surface area contributed by atoms with Crippen molar-refractivity contribution in [3.8, 4) is 5.75 Å². The molecule has 0 amide bonds. The first-order valence-electron chi connectivity index (χ1n) is 6.80. The second-order valence-electron chi connectivity index (χ2n) is 5.17. The van der Waals surface area contributed by atoms with Crippen LogP contribution in [0.3, 0.4) is 0 Å². The van der Waals surface area contributed by atoms with Gasteiger partial charge in [-0.1, -0.05) is 15.9 Å². The summed E-state index contributed by atoms with van der Waals surface area (Å²) in [4.78, 5) is 1.03. The molecule has 0 fully saturated rings. The van der Waals surface area contributed by atoms with Crippen LogP contribution in [0.2, 0.25) is 0 Å². The van der Waals surface area contributed by atoms with Crippen molar-refractivity contribution in [2.24, 2.45) is 0 Å². The van der Waals surface area contributed by atoms with E-state index in [-0.39, 0.29) is 0 Å². The van der Waals surface area contributed by atoms with Gasteiger partial charge in [0, 0.05) is 31.6 Å². The first-order chi connectivity index (χ1) is 10.2. The Labute approximate surface area is 139 Å². The highest BCUT2D eigenvalue weighted by Crippen LogP contribution is 2.38. The molecule has 0 bridgehead atoms. The van der Waals surface area contributed by atoms with E-state index < -0.39 is 6.10 Å². The zero-order valence-electron chi connectivity index (χ0n) is 11.1. The molecule has 0 saturated carbocycles. The van der Waals surface area contributed by atoms with E-state index in [1.54, 1.807) is 22.7 Å². The fraction of sp³-hybridized carbons (Fsp3) is 0.250. The first-order valence-corrected chi connectivity index (χ1v) is 9.29. The number of thiophene rings is 2. The number of aliphatic hydroxyl groups excluding tert-OH is 1. The topological polar surface area (TPSA) is 29.5 Å². The molecule has 4 rings (SSSR count). The largest absolute Gasteiger partial charge is 0.493 e. The highest BCUT2D eigenvalue weighted by Gasteiger charge is 2.21. The third-order valence-corrected chi connectivity index (χ3v) is 6.38. The standard InChI is InChI=1S/C16H13BrO2S2/c17-11-5-9-1-3-19-16(9)10(6-11)7-12(18)14-8-15-13(21-14)2-4-20-15/h2,4-6,8,12,18H,1,3,7H2. The van der Waals surface area contributed by atoms with Crippen LogP contribution in [0.1, 0.15) is 22.1 Å². The summed E-state index contributed by atoms with van der Waals surface area (Å²) in [5.74, 6) is 0.968. The van der Waals surface area contributed by atoms with Gasteiger partial charge < -0.3 is 9.84 Å². The number of hydrogen-bond donors (Lipinski definition) is 1. The number of benzene rings is 1. The molecule has 5 heteroatoms. The number of fused-ring (bicyclic) bond motifs is 2. The van der Waals surface area contributed by atoms with E-state index in [9.17, 15) is 5.11 Å². The molecule has 0 aliphatic carbocycles. The average Bonchev–Trinajstić information content (AvgIpc) is 3.12. The smallest absolute Gasteiger partial charge is 0.125 e. The summed E-state index contributed by atoms with van der Waals surface area (Å²) in [5, 5.41) is 12.6. The van der Waals surface area contributed by atoms with E-state index in [0.717, 1.165) is 33.7 Å². The minimum Gasteiger partial charge on any atom is -0.493 e. The van der Waals surface area contributed by atoms with E-state index >= 15 is 0 Å². The minimum absolute atomic E-state index is 0.475. The Kier molecular flexibility index (Phi) is 3.53. The van der Waals surface area contributed by atoms with Gasteiger partial charge in [0.1, 0.15) is 5.75 Å². The Hall–Kier alpha value is -0.880. The number of hydrogen-bond acceptors (Lipinski definition) is 4. The second kappa shape index (κ2) is 5.39. The maximum Gasteiger partial charge on any atom is 0.125 e. The highest BCUT2D eigenvalue weighted by atomic mass is 79.9. The summed E-state index contributed by atoms with van der Waals surface area (Å²) in [5.41, 5.74) is 2.32. The Morgan fingerprint density at radius 2 is 2.19 bits per heavy atom. The monoisotopic (exact) mass is 380 g/mol. The Morgan fingerprint density at radius 3 is 3.05 bits per heavy atom. The van der Waals surface area contributed by atoms with Gasteiger partial charge >= 0.3 is 0 Å². The molecule has 0 radical (unpaired) electrons. The van der Waals surface area contributed by atoms with Crippen molar-refractivity contribution >= 4 is 48.0 Å². The molecule has 3 heterocycles. The predicted octanol–water partition coefficient (Wildman–Crippen LogP) is 4.94. The summed E-state index contributed by atoms with van der Waals surface area (Å²) in [6.07, 6.45) is 1.07. The van der Waals surface area contributed by atoms with E-state index in [1.165, 1.54) is 15.0 Å². The van der Waals surface area contributed by atoms with E-state index in [2.05, 4.69) is 45.6 Å². The SMILES string of the molecule is OC(Cc1cc(Br)cc2c1OCC2)c1cc2sccc2s1. The Balaban J connectivity index is 1.65. The quantitative estimate of drug-likeness (QED) is 0.697. The molecule has 3 aromatic rings. The lowest BCUT2D eigenvalue weighted by Gasteiger charge is -2.12. The molecular formula is C16H13BrO2S2. The van der Waals surface area contributed by atoms with Gasteiger partial charge in [-0.05, 0) is 40.8 Å². The maximum atomic E-state index is 10.6. The third-order valence-electron chi connectivity index (χ3n) is 3.73. The second-order valence-corrected chi connectivity index (χ2v) is 8.15. The molecular weight excluding hydrogens is 368 g/mol. The molecule has 1 aromatic carbocycles. The van der Waals surface area contributed by atoms with Crippen molar-refractivity contribution in [2.45, 2.75) is 18.9 Å². The van der Waals surface area contributed by atoms with Crippen LogP contribution < -0.4 is 4.74 Å². The average molecular weight is 381 g/mol. The van der Waals surface area contributed by atoms with Gasteiger partial charge in [0.25, 0.3) is 0 Å². The normalized spacial score (nSPS) is 15.1. The van der Waals surface area contributed by atoms with Crippen LogP contribution in [-0.2, 0) is 12.8 Å². The first kappa shape index (κ1) is 13.8. The number of halogens is 1. The lowest BCUT2D eigenvalue weighted by Crippen LogP contribution is -2.01. The van der Waals surface area contributed by atoms with Crippen molar-refractivity contribution in [1.29, 1.82) is 0 Å². The lowest BCUT2D eigenvalue weighted by atomic mass is 10.0. The fourth-order valence-corrected chi connectivity index (χ4v) is 5.41. The summed E-state index contributed by atoms with van der Waals surface area (Å²) in [7, 11) is 0. The molecule has 2 nitrogen and oxygen atoms in total. The van der Waals surface area contributed by atoms with Crippen molar-refractivity contribution in [2.75, 3.05) is 6.61 Å². The summed E-state index contributed by atoms with van der Waals surface area (Å²) in [6, 6.07) is 8.39. The van der Waals surface area contributed by atoms with Gasteiger partial charge in [0.2, 0.25) is 0 Å². The molecule has 0 saturated heterocycles. The highest BCUT2D eigenvalue weighted by molar-refractivity contribution is 9.10. The van der Waals surface area contributed by atoms with E-state index in [1.807, 2.05) is 0 Å². The van der Waals surface area contributed by atoms with Gasteiger partial charge in [-0.2, -0.15) is 0 Å². The molecule has 21 heavy (non-hydrogen) atoms. The van der Waals surface area contributed by atoms with Crippen molar-refractivity contribution in [3.05, 3.63) is 50.1 Å². The summed E-state index contributed by atoms with van der Waals surface area (Å²) >= 11 is 6.95. The van der Waals surface area contributed by atoms with Crippen LogP contribution in [0, 0.1) is 0 Å². The van der Waals surface area contributed by atoms with Gasteiger partial charge in [0.05, 0.1) is 12.7 Å². The Bertz CT molecular complexity index is 777. The molecule has 1 N–H and O–H groups in total. The van der Waals surface area contributed by atoms with Crippen LogP contribution >= 0.6 is 38.6 Å². The molecule has 0 spiro atoms. The van der Waals surface area contributed by atoms with Crippen LogP contribution in [0.15, 0.2) is 34.1 Å². The molecule has 1 unspecified atom stereocenters. The molecule has 1 aliphatic rings. The zero-order valence-corrected chi connectivity index (χ0v) is 14.4. The minimum atomic E-state index is -0.475. The number of aliphatic hydroxyl groups is 1. The van der Waals surface area contributed by atoms with Crippen molar-refractivity contribution in [3.63, 3.8) is 0 Å². The van der Waals surface area contributed by atoms with E-state index in [4.69, 9.17) is 4.74 Å². The van der Waals surface area contributed by atoms with Crippen LogP contribution in [0.5, 0.6) is 5.75 Å².